The van der Waals surface area contributed by atoms with Gasteiger partial charge in [0.15, 0.2) is 0 Å². The van der Waals surface area contributed by atoms with Gasteiger partial charge < -0.3 is 10.1 Å². The summed E-state index contributed by atoms with van der Waals surface area (Å²) in [6.07, 6.45) is 2.04. The number of sulfonamides is 1. The van der Waals surface area contributed by atoms with Crippen molar-refractivity contribution in [1.82, 2.24) is 5.32 Å². The van der Waals surface area contributed by atoms with Crippen LogP contribution in [0.5, 0.6) is 5.75 Å². The lowest BCUT2D eigenvalue weighted by molar-refractivity contribution is -0.122. The third kappa shape index (κ3) is 5.87. The molecule has 1 unspecified atom stereocenters. The van der Waals surface area contributed by atoms with Gasteiger partial charge in [0.05, 0.1) is 19.1 Å². The second-order valence-electron chi connectivity index (χ2n) is 6.35. The Balaban J connectivity index is 2.10. The van der Waals surface area contributed by atoms with Crippen molar-refractivity contribution in [3.05, 3.63) is 59.1 Å². The molecule has 0 aliphatic heterocycles. The number of hydrogen-bond acceptors (Lipinski definition) is 4. The number of rotatable bonds is 9. The molecule has 0 spiro atoms. The number of benzene rings is 2. The zero-order chi connectivity index (χ0) is 20.7. The lowest BCUT2D eigenvalue weighted by atomic mass is 10.1. The van der Waals surface area contributed by atoms with E-state index in [1.165, 1.54) is 6.07 Å². The highest BCUT2D eigenvalue weighted by atomic mass is 35.5. The fourth-order valence-electron chi connectivity index (χ4n) is 2.91. The zero-order valence-corrected chi connectivity index (χ0v) is 17.8. The molecule has 0 saturated heterocycles. The molecule has 6 nitrogen and oxygen atoms in total. The van der Waals surface area contributed by atoms with Crippen LogP contribution in [0.4, 0.5) is 5.69 Å². The Kier molecular flexibility index (Phi) is 7.71. The van der Waals surface area contributed by atoms with Crippen LogP contribution in [-0.2, 0) is 21.2 Å². The van der Waals surface area contributed by atoms with Crippen LogP contribution in [-0.4, -0.2) is 40.3 Å². The Hall–Kier alpha value is -2.25. The highest BCUT2D eigenvalue weighted by molar-refractivity contribution is 7.92. The van der Waals surface area contributed by atoms with Crippen molar-refractivity contribution in [2.24, 2.45) is 0 Å². The second kappa shape index (κ2) is 9.80. The first-order chi connectivity index (χ1) is 13.3. The van der Waals surface area contributed by atoms with Gasteiger partial charge >= 0.3 is 0 Å². The summed E-state index contributed by atoms with van der Waals surface area (Å²) < 4.78 is 31.0. The number of nitrogens with one attached hydrogen (secondary N) is 1. The zero-order valence-electron chi connectivity index (χ0n) is 16.2. The van der Waals surface area contributed by atoms with E-state index >= 15 is 0 Å². The normalized spacial score (nSPS) is 12.3. The molecule has 1 atom stereocenters. The van der Waals surface area contributed by atoms with Crippen LogP contribution in [0.25, 0.3) is 0 Å². The lowest BCUT2D eigenvalue weighted by Crippen LogP contribution is -2.49. The summed E-state index contributed by atoms with van der Waals surface area (Å²) in [5.41, 5.74) is 1.41. The first-order valence-corrected chi connectivity index (χ1v) is 11.1. The molecular formula is C20H25ClN2O4S. The van der Waals surface area contributed by atoms with E-state index in [2.05, 4.69) is 5.32 Å². The van der Waals surface area contributed by atoms with Crippen molar-refractivity contribution in [3.63, 3.8) is 0 Å². The summed E-state index contributed by atoms with van der Waals surface area (Å²) in [6.45, 7) is 2.17. The van der Waals surface area contributed by atoms with Crippen LogP contribution in [0.15, 0.2) is 48.5 Å². The first-order valence-electron chi connectivity index (χ1n) is 8.92. The predicted molar refractivity (Wildman–Crippen MR) is 113 cm³/mol. The molecule has 0 aliphatic rings. The minimum Gasteiger partial charge on any atom is -0.497 e. The molecule has 2 aromatic carbocycles. The minimum absolute atomic E-state index is 0.327. The Morgan fingerprint density at radius 1 is 1.21 bits per heavy atom. The summed E-state index contributed by atoms with van der Waals surface area (Å²) in [4.78, 5) is 12.7. The van der Waals surface area contributed by atoms with Crippen LogP contribution < -0.4 is 14.4 Å². The van der Waals surface area contributed by atoms with Crippen LogP contribution in [0.3, 0.4) is 0 Å². The molecule has 0 aliphatic carbocycles. The van der Waals surface area contributed by atoms with Crippen LogP contribution in [0, 0.1) is 0 Å². The van der Waals surface area contributed by atoms with Crippen molar-refractivity contribution < 1.29 is 17.9 Å². The average molecular weight is 425 g/mol. The number of nitrogens with zero attached hydrogens (tertiary/aromatic N) is 1. The van der Waals surface area contributed by atoms with Gasteiger partial charge in [-0.15, -0.1) is 0 Å². The van der Waals surface area contributed by atoms with E-state index in [1.807, 2.05) is 24.3 Å². The molecule has 0 fully saturated rings. The van der Waals surface area contributed by atoms with Gasteiger partial charge in [-0.05, 0) is 48.7 Å². The highest BCUT2D eigenvalue weighted by Crippen LogP contribution is 2.25. The number of amides is 1. The van der Waals surface area contributed by atoms with Gasteiger partial charge in [-0.25, -0.2) is 8.42 Å². The topological polar surface area (TPSA) is 75.7 Å². The third-order valence-corrected chi connectivity index (χ3v) is 5.68. The molecule has 1 N–H and O–H groups in total. The molecule has 1 amide bonds. The summed E-state index contributed by atoms with van der Waals surface area (Å²) in [5.74, 6) is 0.422. The summed E-state index contributed by atoms with van der Waals surface area (Å²) in [6, 6.07) is 13.2. The first kappa shape index (κ1) is 22.0. The Morgan fingerprint density at radius 3 is 2.43 bits per heavy atom. The second-order valence-corrected chi connectivity index (χ2v) is 8.65. The molecule has 152 valence electrons. The number of anilines is 1. The molecular weight excluding hydrogens is 400 g/mol. The molecule has 2 rings (SSSR count). The van der Waals surface area contributed by atoms with Crippen molar-refractivity contribution in [3.8, 4) is 5.75 Å². The third-order valence-electron chi connectivity index (χ3n) is 4.26. The molecule has 0 aromatic heterocycles. The summed E-state index contributed by atoms with van der Waals surface area (Å²) in [5, 5.41) is 3.24. The smallest absolute Gasteiger partial charge is 0.243 e. The highest BCUT2D eigenvalue weighted by Gasteiger charge is 2.31. The number of ether oxygens (including phenoxy) is 1. The maximum absolute atomic E-state index is 12.7. The van der Waals surface area contributed by atoms with Crippen LogP contribution in [0.2, 0.25) is 5.02 Å². The van der Waals surface area contributed by atoms with Gasteiger partial charge in [-0.2, -0.15) is 0 Å². The van der Waals surface area contributed by atoms with Crippen LogP contribution >= 0.6 is 11.6 Å². The number of carbonyl (C=O) groups is 1. The van der Waals surface area contributed by atoms with E-state index in [4.69, 9.17) is 16.3 Å². The largest absolute Gasteiger partial charge is 0.497 e. The van der Waals surface area contributed by atoms with E-state index in [9.17, 15) is 13.2 Å². The summed E-state index contributed by atoms with van der Waals surface area (Å²) >= 11 is 6.01. The fourth-order valence-corrected chi connectivity index (χ4v) is 4.30. The Bertz CT molecular complexity index is 901. The van der Waals surface area contributed by atoms with Crippen molar-refractivity contribution in [2.75, 3.05) is 24.2 Å². The molecule has 0 heterocycles. The minimum atomic E-state index is -3.68. The number of hydrogen-bond donors (Lipinski definition) is 1. The van der Waals surface area contributed by atoms with E-state index in [0.717, 1.165) is 21.9 Å². The SMILES string of the molecule is CCC(C(=O)NCCc1ccc(OC)cc1)N(c1cccc(Cl)c1)S(C)(=O)=O. The van der Waals surface area contributed by atoms with Gasteiger partial charge in [0.25, 0.3) is 0 Å². The molecule has 2 aromatic rings. The standard InChI is InChI=1S/C20H25ClN2O4S/c1-4-19(23(28(3,25)26)17-7-5-6-16(21)14-17)20(24)22-13-12-15-8-10-18(27-2)11-9-15/h5-11,14,19H,4,12-13H2,1-3H3,(H,22,24). The molecule has 28 heavy (non-hydrogen) atoms. The van der Waals surface area contributed by atoms with E-state index in [-0.39, 0.29) is 5.91 Å². The maximum atomic E-state index is 12.7. The number of halogens is 1. The number of carbonyl (C=O) groups excluding carboxylic acids is 1. The lowest BCUT2D eigenvalue weighted by Gasteiger charge is -2.30. The van der Waals surface area contributed by atoms with Crippen molar-refractivity contribution >= 4 is 33.2 Å². The van der Waals surface area contributed by atoms with Gasteiger partial charge in [0.2, 0.25) is 15.9 Å². The van der Waals surface area contributed by atoms with E-state index in [0.29, 0.717) is 30.1 Å². The average Bonchev–Trinajstić information content (AvgIpc) is 2.65. The molecule has 0 radical (unpaired) electrons. The van der Waals surface area contributed by atoms with Crippen molar-refractivity contribution in [1.29, 1.82) is 0 Å². The van der Waals surface area contributed by atoms with Gasteiger partial charge in [0, 0.05) is 11.6 Å². The van der Waals surface area contributed by atoms with E-state index in [1.54, 1.807) is 32.2 Å². The molecule has 8 heteroatoms. The maximum Gasteiger partial charge on any atom is 0.243 e. The van der Waals surface area contributed by atoms with Crippen molar-refractivity contribution in [2.45, 2.75) is 25.8 Å². The number of methoxy groups -OCH3 is 1. The van der Waals surface area contributed by atoms with Gasteiger partial charge in [-0.3, -0.25) is 9.10 Å². The molecule has 0 bridgehead atoms. The quantitative estimate of drug-likeness (QED) is 0.670. The monoisotopic (exact) mass is 424 g/mol. The molecule has 0 saturated carbocycles. The predicted octanol–water partition coefficient (Wildman–Crippen LogP) is 3.25. The van der Waals surface area contributed by atoms with Crippen LogP contribution in [0.1, 0.15) is 18.9 Å². The summed E-state index contributed by atoms with van der Waals surface area (Å²) in [7, 11) is -2.07. The Labute approximate surface area is 171 Å². The van der Waals surface area contributed by atoms with Gasteiger partial charge in [0.1, 0.15) is 11.8 Å². The van der Waals surface area contributed by atoms with Gasteiger partial charge in [-0.1, -0.05) is 36.7 Å². The van der Waals surface area contributed by atoms with E-state index < -0.39 is 16.1 Å². The fraction of sp³-hybridized carbons (Fsp3) is 0.350. The Morgan fingerprint density at radius 2 is 1.89 bits per heavy atom.